The lowest BCUT2D eigenvalue weighted by atomic mass is 9.84. The highest BCUT2D eigenvalue weighted by Gasteiger charge is 2.34. The molecule has 0 radical (unpaired) electrons. The summed E-state index contributed by atoms with van der Waals surface area (Å²) in [6.07, 6.45) is 1.47. The number of benzene rings is 1. The second kappa shape index (κ2) is 10.5. The second-order valence-corrected chi connectivity index (χ2v) is 8.55. The Morgan fingerprint density at radius 1 is 1.38 bits per heavy atom. The van der Waals surface area contributed by atoms with E-state index in [4.69, 9.17) is 4.74 Å². The van der Waals surface area contributed by atoms with E-state index in [1.807, 2.05) is 0 Å². The maximum Gasteiger partial charge on any atom is 0.270 e. The maximum absolute atomic E-state index is 12.3. The fourth-order valence-electron chi connectivity index (χ4n) is 3.02. The molecule has 11 nitrogen and oxygen atoms in total. The van der Waals surface area contributed by atoms with Gasteiger partial charge in [-0.25, -0.2) is 13.1 Å². The number of aliphatic imine (C=N–C) groups is 1. The minimum atomic E-state index is -3.86. The highest BCUT2D eigenvalue weighted by Crippen LogP contribution is 2.31. The zero-order valence-electron chi connectivity index (χ0n) is 16.3. The molecule has 1 fully saturated rings. The summed E-state index contributed by atoms with van der Waals surface area (Å²) in [6, 6.07) is 4.87. The highest BCUT2D eigenvalue weighted by atomic mass is 32.2. The van der Waals surface area contributed by atoms with Gasteiger partial charge >= 0.3 is 0 Å². The molecule has 1 saturated heterocycles. The number of hydrogen-bond acceptors (Lipinski definition) is 7. The van der Waals surface area contributed by atoms with Gasteiger partial charge in [0.05, 0.1) is 16.4 Å². The Labute approximate surface area is 169 Å². The van der Waals surface area contributed by atoms with E-state index in [1.54, 1.807) is 7.05 Å². The van der Waals surface area contributed by atoms with Crippen molar-refractivity contribution in [2.24, 2.45) is 10.4 Å². The Balaban J connectivity index is 1.82. The molecular formula is C17H27N5O6S. The van der Waals surface area contributed by atoms with E-state index in [2.05, 4.69) is 20.3 Å². The molecule has 0 amide bonds. The molecule has 0 aromatic heterocycles. The number of aliphatic hydroxyl groups is 1. The van der Waals surface area contributed by atoms with Gasteiger partial charge in [-0.1, -0.05) is 6.07 Å². The van der Waals surface area contributed by atoms with Crippen LogP contribution in [0.2, 0.25) is 0 Å². The number of ether oxygens (including phenoxy) is 1. The molecule has 4 N–H and O–H groups in total. The van der Waals surface area contributed by atoms with Crippen LogP contribution in [0.25, 0.3) is 0 Å². The summed E-state index contributed by atoms with van der Waals surface area (Å²) >= 11 is 0. The van der Waals surface area contributed by atoms with E-state index in [0.717, 1.165) is 12.5 Å². The Morgan fingerprint density at radius 3 is 2.79 bits per heavy atom. The van der Waals surface area contributed by atoms with Crippen molar-refractivity contribution in [1.29, 1.82) is 0 Å². The van der Waals surface area contributed by atoms with Crippen molar-refractivity contribution in [2.45, 2.75) is 17.7 Å². The molecule has 1 aromatic rings. The van der Waals surface area contributed by atoms with Crippen LogP contribution in [-0.2, 0) is 14.8 Å². The predicted octanol–water partition coefficient (Wildman–Crippen LogP) is -0.173. The van der Waals surface area contributed by atoms with E-state index in [0.29, 0.717) is 32.1 Å². The van der Waals surface area contributed by atoms with Gasteiger partial charge < -0.3 is 20.5 Å². The van der Waals surface area contributed by atoms with E-state index < -0.39 is 14.9 Å². The van der Waals surface area contributed by atoms with Crippen molar-refractivity contribution < 1.29 is 23.2 Å². The average molecular weight is 429 g/mol. The van der Waals surface area contributed by atoms with Crippen LogP contribution in [0.4, 0.5) is 5.69 Å². The van der Waals surface area contributed by atoms with Crippen LogP contribution in [0, 0.1) is 15.5 Å². The van der Waals surface area contributed by atoms with Crippen molar-refractivity contribution in [1.82, 2.24) is 15.4 Å². The Morgan fingerprint density at radius 2 is 2.17 bits per heavy atom. The predicted molar refractivity (Wildman–Crippen MR) is 107 cm³/mol. The Kier molecular flexibility index (Phi) is 8.32. The normalized spacial score (nSPS) is 19.9. The number of hydrogen-bond donors (Lipinski definition) is 4. The molecule has 0 aliphatic carbocycles. The van der Waals surface area contributed by atoms with Crippen molar-refractivity contribution in [2.75, 3.05) is 46.5 Å². The molecule has 2 rings (SSSR count). The molecule has 0 saturated carbocycles. The molecule has 1 unspecified atom stereocenters. The molecule has 1 aliphatic heterocycles. The van der Waals surface area contributed by atoms with Crippen LogP contribution in [0.1, 0.15) is 12.8 Å². The third-order valence-electron chi connectivity index (χ3n) is 4.73. The number of sulfonamides is 1. The van der Waals surface area contributed by atoms with Crippen LogP contribution < -0.4 is 15.4 Å². The second-order valence-electron chi connectivity index (χ2n) is 6.78. The lowest BCUT2D eigenvalue weighted by Gasteiger charge is -2.27. The lowest BCUT2D eigenvalue weighted by molar-refractivity contribution is -0.385. The van der Waals surface area contributed by atoms with Crippen molar-refractivity contribution in [3.8, 4) is 0 Å². The summed E-state index contributed by atoms with van der Waals surface area (Å²) in [5.74, 6) is 0.503. The molecule has 29 heavy (non-hydrogen) atoms. The van der Waals surface area contributed by atoms with Crippen LogP contribution in [0.3, 0.4) is 0 Å². The molecule has 0 spiro atoms. The SMILES string of the molecule is CN=C(NCCNS(=O)(=O)c1cccc([N+](=O)[O-])c1)NCC1(CCO)CCOC1. The number of non-ortho nitro benzene ring substituents is 1. The summed E-state index contributed by atoms with van der Waals surface area (Å²) in [4.78, 5) is 14.1. The molecule has 1 aliphatic rings. The quantitative estimate of drug-likeness (QED) is 0.131. The number of nitro benzene ring substituents is 1. The Hall–Kier alpha value is -2.28. The minimum Gasteiger partial charge on any atom is -0.396 e. The first-order valence-corrected chi connectivity index (χ1v) is 10.7. The smallest absolute Gasteiger partial charge is 0.270 e. The first-order valence-electron chi connectivity index (χ1n) is 9.19. The fourth-order valence-corrected chi connectivity index (χ4v) is 4.09. The van der Waals surface area contributed by atoms with Crippen LogP contribution in [0.5, 0.6) is 0 Å². The zero-order valence-corrected chi connectivity index (χ0v) is 17.1. The van der Waals surface area contributed by atoms with Gasteiger partial charge in [-0.3, -0.25) is 15.1 Å². The largest absolute Gasteiger partial charge is 0.396 e. The summed E-state index contributed by atoms with van der Waals surface area (Å²) in [7, 11) is -2.26. The molecule has 162 valence electrons. The molecule has 1 heterocycles. The topological polar surface area (TPSA) is 155 Å². The van der Waals surface area contributed by atoms with Crippen LogP contribution in [-0.4, -0.2) is 70.9 Å². The number of aliphatic hydroxyl groups excluding tert-OH is 1. The summed E-state index contributed by atoms with van der Waals surface area (Å²) in [5.41, 5.74) is -0.431. The van der Waals surface area contributed by atoms with Gasteiger partial charge in [-0.15, -0.1) is 0 Å². The third kappa shape index (κ3) is 6.63. The Bertz CT molecular complexity index is 823. The standard InChI is InChI=1S/C17H27N5O6S/c1-18-16(20-12-17(5-9-23)6-10-28-13-17)19-7-8-21-29(26,27)15-4-2-3-14(11-15)22(24)25/h2-4,11,21,23H,5-10,12-13H2,1H3,(H2,18,19,20). The van der Waals surface area contributed by atoms with Gasteiger partial charge in [-0.05, 0) is 18.9 Å². The van der Waals surface area contributed by atoms with Crippen molar-refractivity contribution >= 4 is 21.7 Å². The highest BCUT2D eigenvalue weighted by molar-refractivity contribution is 7.89. The number of nitro groups is 1. The molecule has 1 aromatic carbocycles. The maximum atomic E-state index is 12.3. The number of nitrogens with zero attached hydrogens (tertiary/aromatic N) is 2. The number of rotatable bonds is 10. The van der Waals surface area contributed by atoms with E-state index in [-0.39, 0.29) is 35.7 Å². The van der Waals surface area contributed by atoms with E-state index in [9.17, 15) is 23.6 Å². The van der Waals surface area contributed by atoms with Gasteiger partial charge in [0.2, 0.25) is 10.0 Å². The molecule has 12 heteroatoms. The third-order valence-corrected chi connectivity index (χ3v) is 6.19. The van der Waals surface area contributed by atoms with Crippen molar-refractivity contribution in [3.63, 3.8) is 0 Å². The zero-order chi connectivity index (χ0) is 21.3. The molecule has 1 atom stereocenters. The molecule has 0 bridgehead atoms. The fraction of sp³-hybridized carbons (Fsp3) is 0.588. The molecular weight excluding hydrogens is 402 g/mol. The van der Waals surface area contributed by atoms with Gasteiger partial charge in [-0.2, -0.15) is 0 Å². The summed E-state index contributed by atoms with van der Waals surface area (Å²) in [5, 5.41) is 26.3. The summed E-state index contributed by atoms with van der Waals surface area (Å²) in [6.45, 7) is 2.21. The first kappa shape index (κ1) is 23.0. The van der Waals surface area contributed by atoms with E-state index in [1.165, 1.54) is 18.2 Å². The van der Waals surface area contributed by atoms with Crippen LogP contribution in [0.15, 0.2) is 34.2 Å². The number of guanidine groups is 1. The minimum absolute atomic E-state index is 0.0661. The lowest BCUT2D eigenvalue weighted by Crippen LogP contribution is -2.46. The van der Waals surface area contributed by atoms with Gasteiger partial charge in [0.15, 0.2) is 5.96 Å². The van der Waals surface area contributed by atoms with Gasteiger partial charge in [0, 0.05) is 57.4 Å². The summed E-state index contributed by atoms with van der Waals surface area (Å²) < 4.78 is 32.4. The number of nitrogens with one attached hydrogen (secondary N) is 3. The van der Waals surface area contributed by atoms with Gasteiger partial charge in [0.1, 0.15) is 0 Å². The average Bonchev–Trinajstić information content (AvgIpc) is 3.16. The van der Waals surface area contributed by atoms with Crippen LogP contribution >= 0.6 is 0 Å². The first-order chi connectivity index (χ1) is 13.8. The van der Waals surface area contributed by atoms with E-state index >= 15 is 0 Å². The monoisotopic (exact) mass is 429 g/mol. The van der Waals surface area contributed by atoms with Crippen molar-refractivity contribution in [3.05, 3.63) is 34.4 Å². The van der Waals surface area contributed by atoms with Gasteiger partial charge in [0.25, 0.3) is 5.69 Å².